The molecule has 0 radical (unpaired) electrons. The number of nitrogens with zero attached hydrogens (tertiary/aromatic N) is 5. The number of halogens is 3. The maximum Gasteiger partial charge on any atom is 0.394 e. The number of nitrogens with one attached hydrogen (secondary N) is 2. The van der Waals surface area contributed by atoms with Crippen LogP contribution < -0.4 is 19.7 Å². The lowest BCUT2D eigenvalue weighted by Crippen LogP contribution is -2.45. The molecular weight excluding hydrogens is 567 g/mol. The van der Waals surface area contributed by atoms with Gasteiger partial charge in [0, 0.05) is 42.3 Å². The van der Waals surface area contributed by atoms with Gasteiger partial charge >= 0.3 is 6.18 Å². The number of pyridine rings is 2. The number of carbonyl (C=O) groups excluding carboxylic acids is 1. The summed E-state index contributed by atoms with van der Waals surface area (Å²) in [5.41, 5.74) is -1.40. The number of anilines is 2. The predicted octanol–water partition coefficient (Wildman–Crippen LogP) is 6.16. The first-order valence-electron chi connectivity index (χ1n) is 14.3. The first-order chi connectivity index (χ1) is 20.0. The van der Waals surface area contributed by atoms with Crippen LogP contribution in [0.1, 0.15) is 69.2 Å². The highest BCUT2D eigenvalue weighted by atomic mass is 32.2. The lowest BCUT2D eigenvalue weighted by atomic mass is 10.0. The van der Waals surface area contributed by atoms with Gasteiger partial charge in [-0.15, -0.1) is 5.10 Å². The minimum Gasteiger partial charge on any atom is -0.477 e. The summed E-state index contributed by atoms with van der Waals surface area (Å²) in [7, 11) is 0. The van der Waals surface area contributed by atoms with E-state index in [-0.39, 0.29) is 49.2 Å². The zero-order valence-electron chi connectivity index (χ0n) is 23.6. The molecule has 2 N–H and O–H groups in total. The Hall–Kier alpha value is -3.48. The van der Waals surface area contributed by atoms with E-state index < -0.39 is 11.6 Å². The Kier molecular flexibility index (Phi) is 7.48. The maximum absolute atomic E-state index is 13.5. The SMILES string of the molecule is CC1(C)CC[C@@H]2CCCNc3cccc(n3)SNC(=O)c3ccc(-n4ccc(OCCC5(C(F)(F)F)CC5)n4)nc3N21. The number of hydrogen-bond acceptors (Lipinski definition) is 8. The van der Waals surface area contributed by atoms with Gasteiger partial charge in [0.15, 0.2) is 5.82 Å². The molecule has 224 valence electrons. The number of ether oxygens (including phenoxy) is 1. The summed E-state index contributed by atoms with van der Waals surface area (Å²) < 4.78 is 49.8. The number of amides is 1. The lowest BCUT2D eigenvalue weighted by molar-refractivity contribution is -0.190. The molecule has 0 aromatic carbocycles. The Bertz CT molecular complexity index is 1460. The molecule has 1 atom stereocenters. The normalized spacial score (nSPS) is 21.4. The number of rotatable bonds is 5. The van der Waals surface area contributed by atoms with Crippen LogP contribution in [-0.2, 0) is 0 Å². The number of alkyl halides is 3. The third-order valence-electron chi connectivity index (χ3n) is 8.52. The van der Waals surface area contributed by atoms with Gasteiger partial charge < -0.3 is 15.0 Å². The van der Waals surface area contributed by atoms with Gasteiger partial charge in [-0.1, -0.05) is 6.07 Å². The zero-order chi connectivity index (χ0) is 29.5. The summed E-state index contributed by atoms with van der Waals surface area (Å²) in [5.74, 6) is 1.78. The van der Waals surface area contributed by atoms with Crippen LogP contribution in [0.2, 0.25) is 0 Å². The van der Waals surface area contributed by atoms with E-state index in [4.69, 9.17) is 9.72 Å². The maximum atomic E-state index is 13.5. The second-order valence-electron chi connectivity index (χ2n) is 11.9. The number of carbonyl (C=O) groups is 1. The Balaban J connectivity index is 1.28. The van der Waals surface area contributed by atoms with Crippen molar-refractivity contribution in [3.63, 3.8) is 0 Å². The van der Waals surface area contributed by atoms with Gasteiger partial charge in [0.1, 0.15) is 16.7 Å². The summed E-state index contributed by atoms with van der Waals surface area (Å²) in [4.78, 5) is 25.3. The highest BCUT2D eigenvalue weighted by molar-refractivity contribution is 7.97. The van der Waals surface area contributed by atoms with Crippen LogP contribution in [0.4, 0.5) is 24.8 Å². The first kappa shape index (κ1) is 28.6. The van der Waals surface area contributed by atoms with Crippen LogP contribution in [0.5, 0.6) is 5.88 Å². The molecule has 1 saturated heterocycles. The number of hydrogen-bond donors (Lipinski definition) is 2. The average molecular weight is 602 g/mol. The van der Waals surface area contributed by atoms with E-state index in [9.17, 15) is 18.0 Å². The highest BCUT2D eigenvalue weighted by Gasteiger charge is 2.62. The van der Waals surface area contributed by atoms with E-state index in [2.05, 4.69) is 38.9 Å². The van der Waals surface area contributed by atoms with E-state index in [1.54, 1.807) is 24.4 Å². The van der Waals surface area contributed by atoms with Gasteiger partial charge in [-0.25, -0.2) is 14.6 Å². The van der Waals surface area contributed by atoms with Crippen LogP contribution in [0.15, 0.2) is 47.6 Å². The van der Waals surface area contributed by atoms with Crippen molar-refractivity contribution in [2.45, 2.75) is 81.6 Å². The molecule has 0 unspecified atom stereocenters. The fourth-order valence-corrected chi connectivity index (χ4v) is 6.49. The Labute approximate surface area is 246 Å². The molecule has 3 aromatic rings. The van der Waals surface area contributed by atoms with Gasteiger partial charge in [-0.3, -0.25) is 9.52 Å². The Morgan fingerprint density at radius 1 is 1.10 bits per heavy atom. The molecule has 3 aliphatic rings. The molecule has 0 spiro atoms. The lowest BCUT2D eigenvalue weighted by Gasteiger charge is -2.38. The predicted molar refractivity (Wildman–Crippen MR) is 154 cm³/mol. The molecule has 2 aliphatic heterocycles. The third kappa shape index (κ3) is 5.75. The van der Waals surface area contributed by atoms with Crippen molar-refractivity contribution < 1.29 is 22.7 Å². The van der Waals surface area contributed by atoms with Crippen LogP contribution in [0, 0.1) is 5.41 Å². The molecule has 13 heteroatoms. The highest BCUT2D eigenvalue weighted by Crippen LogP contribution is 2.59. The largest absolute Gasteiger partial charge is 0.477 e. The summed E-state index contributed by atoms with van der Waals surface area (Å²) in [5, 5.41) is 8.48. The summed E-state index contributed by atoms with van der Waals surface area (Å²) in [6, 6.07) is 10.9. The van der Waals surface area contributed by atoms with E-state index in [0.29, 0.717) is 22.2 Å². The monoisotopic (exact) mass is 601 g/mol. The quantitative estimate of drug-likeness (QED) is 0.336. The van der Waals surface area contributed by atoms with Crippen molar-refractivity contribution >= 4 is 29.5 Å². The van der Waals surface area contributed by atoms with Crippen molar-refractivity contribution in [3.05, 3.63) is 48.2 Å². The molecule has 42 heavy (non-hydrogen) atoms. The van der Waals surface area contributed by atoms with Crippen molar-refractivity contribution in [2.24, 2.45) is 5.41 Å². The number of aromatic nitrogens is 4. The van der Waals surface area contributed by atoms with Crippen molar-refractivity contribution in [3.8, 4) is 11.7 Å². The summed E-state index contributed by atoms with van der Waals surface area (Å²) in [6.45, 7) is 5.05. The molecule has 2 bridgehead atoms. The van der Waals surface area contributed by atoms with Crippen molar-refractivity contribution in [1.82, 2.24) is 24.5 Å². The van der Waals surface area contributed by atoms with Gasteiger partial charge in [0.05, 0.1) is 17.6 Å². The minimum atomic E-state index is -4.21. The fraction of sp³-hybridized carbons (Fsp3) is 0.517. The summed E-state index contributed by atoms with van der Waals surface area (Å²) in [6.07, 6.45) is 1.42. The van der Waals surface area contributed by atoms with Crippen LogP contribution in [0.3, 0.4) is 0 Å². The second kappa shape index (κ2) is 11.0. The standard InChI is InChI=1S/C29H34F3N7O2S/c1-27(2)12-10-19-5-4-16-33-21-6-3-7-24(34-21)42-37-26(40)20-8-9-22(35-25(20)39(19)27)38-17-11-23(36-38)41-18-15-28(13-14-28)29(30,31)32/h3,6-9,11,17,19H,4-5,10,12-16,18H2,1-2H3,(H,33,34)(H,37,40)/t19-/m0/s1. The van der Waals surface area contributed by atoms with E-state index in [1.165, 1.54) is 4.68 Å². The molecule has 1 amide bonds. The average Bonchev–Trinajstić information content (AvgIpc) is 3.51. The molecule has 6 rings (SSSR count). The van der Waals surface area contributed by atoms with Crippen LogP contribution in [0.25, 0.3) is 5.82 Å². The van der Waals surface area contributed by atoms with Crippen LogP contribution in [-0.4, -0.2) is 56.6 Å². The molecular formula is C29H34F3N7O2S. The second-order valence-corrected chi connectivity index (χ2v) is 12.7. The molecule has 1 aliphatic carbocycles. The number of fused-ring (bicyclic) bond motifs is 5. The molecule has 1 saturated carbocycles. The Morgan fingerprint density at radius 2 is 1.93 bits per heavy atom. The third-order valence-corrected chi connectivity index (χ3v) is 9.24. The van der Waals surface area contributed by atoms with E-state index in [1.807, 2.05) is 18.2 Å². The molecule has 3 aromatic heterocycles. The molecule has 5 heterocycles. The van der Waals surface area contributed by atoms with E-state index in [0.717, 1.165) is 50.0 Å². The van der Waals surface area contributed by atoms with Crippen molar-refractivity contribution in [2.75, 3.05) is 23.4 Å². The Morgan fingerprint density at radius 3 is 2.71 bits per heavy atom. The fourth-order valence-electron chi connectivity index (χ4n) is 5.89. The minimum absolute atomic E-state index is 0.0672. The summed E-state index contributed by atoms with van der Waals surface area (Å²) >= 11 is 1.15. The van der Waals surface area contributed by atoms with Crippen molar-refractivity contribution in [1.29, 1.82) is 0 Å². The zero-order valence-corrected chi connectivity index (χ0v) is 24.4. The van der Waals surface area contributed by atoms with E-state index >= 15 is 0 Å². The smallest absolute Gasteiger partial charge is 0.394 e. The van der Waals surface area contributed by atoms with Crippen LogP contribution >= 0.6 is 11.9 Å². The molecule has 9 nitrogen and oxygen atoms in total. The van der Waals surface area contributed by atoms with Gasteiger partial charge in [0.2, 0.25) is 5.88 Å². The van der Waals surface area contributed by atoms with Gasteiger partial charge in [-0.2, -0.15) is 13.2 Å². The topological polar surface area (TPSA) is 97.2 Å². The molecule has 2 fully saturated rings. The van der Waals surface area contributed by atoms with Gasteiger partial charge in [-0.05, 0) is 83.1 Å². The van der Waals surface area contributed by atoms with Gasteiger partial charge in [0.25, 0.3) is 5.91 Å². The first-order valence-corrected chi connectivity index (χ1v) is 15.1.